The molecule has 0 saturated carbocycles. The molecule has 1 aromatic rings. The molecule has 0 radical (unpaired) electrons. The SMILES string of the molecule is CNc1cnc(C(=O)NCC(C)C(C)(C)C)cn1. The standard InChI is InChI=1S/C13H22N4O/c1-9(13(2,3)4)6-17-12(18)10-7-16-11(14-5)8-15-10/h7-9H,6H2,1-5H3,(H,14,16)(H,17,18). The average Bonchev–Trinajstić information content (AvgIpc) is 2.34. The Kier molecular flexibility index (Phi) is 4.64. The van der Waals surface area contributed by atoms with Crippen molar-refractivity contribution in [1.82, 2.24) is 15.3 Å². The topological polar surface area (TPSA) is 66.9 Å². The first kappa shape index (κ1) is 14.4. The van der Waals surface area contributed by atoms with Gasteiger partial charge in [-0.3, -0.25) is 4.79 Å². The zero-order valence-corrected chi connectivity index (χ0v) is 11.7. The number of anilines is 1. The maximum absolute atomic E-state index is 11.8. The molecule has 0 aromatic carbocycles. The fourth-order valence-corrected chi connectivity index (χ4v) is 1.22. The van der Waals surface area contributed by atoms with Crippen LogP contribution in [0.5, 0.6) is 0 Å². The molecule has 0 aliphatic rings. The Morgan fingerprint density at radius 3 is 2.44 bits per heavy atom. The molecule has 1 amide bonds. The highest BCUT2D eigenvalue weighted by molar-refractivity contribution is 5.91. The molecule has 1 unspecified atom stereocenters. The Morgan fingerprint density at radius 1 is 1.33 bits per heavy atom. The van der Waals surface area contributed by atoms with Crippen LogP contribution >= 0.6 is 0 Å². The molecule has 5 nitrogen and oxygen atoms in total. The smallest absolute Gasteiger partial charge is 0.271 e. The highest BCUT2D eigenvalue weighted by Gasteiger charge is 2.20. The van der Waals surface area contributed by atoms with Crippen LogP contribution in [0, 0.1) is 11.3 Å². The first-order chi connectivity index (χ1) is 8.34. The van der Waals surface area contributed by atoms with Gasteiger partial charge in [0.05, 0.1) is 12.4 Å². The van der Waals surface area contributed by atoms with Gasteiger partial charge in [0.2, 0.25) is 0 Å². The van der Waals surface area contributed by atoms with E-state index in [4.69, 9.17) is 0 Å². The van der Waals surface area contributed by atoms with Crippen LogP contribution in [0.4, 0.5) is 5.82 Å². The summed E-state index contributed by atoms with van der Waals surface area (Å²) in [6.45, 7) is 9.23. The summed E-state index contributed by atoms with van der Waals surface area (Å²) in [4.78, 5) is 20.0. The van der Waals surface area contributed by atoms with E-state index < -0.39 is 0 Å². The van der Waals surface area contributed by atoms with Crippen molar-refractivity contribution in [3.05, 3.63) is 18.1 Å². The first-order valence-electron chi connectivity index (χ1n) is 6.12. The summed E-state index contributed by atoms with van der Waals surface area (Å²) in [6, 6.07) is 0. The molecular formula is C13H22N4O. The van der Waals surface area contributed by atoms with Gasteiger partial charge < -0.3 is 10.6 Å². The summed E-state index contributed by atoms with van der Waals surface area (Å²) < 4.78 is 0. The monoisotopic (exact) mass is 250 g/mol. The van der Waals surface area contributed by atoms with E-state index in [-0.39, 0.29) is 11.3 Å². The summed E-state index contributed by atoms with van der Waals surface area (Å²) in [6.07, 6.45) is 3.02. The van der Waals surface area contributed by atoms with Crippen molar-refractivity contribution in [2.24, 2.45) is 11.3 Å². The van der Waals surface area contributed by atoms with Crippen molar-refractivity contribution in [1.29, 1.82) is 0 Å². The lowest BCUT2D eigenvalue weighted by molar-refractivity contribution is 0.0931. The number of amides is 1. The van der Waals surface area contributed by atoms with Gasteiger partial charge in [0.25, 0.3) is 5.91 Å². The summed E-state index contributed by atoms with van der Waals surface area (Å²) in [5, 5.41) is 5.74. The lowest BCUT2D eigenvalue weighted by atomic mass is 9.82. The van der Waals surface area contributed by atoms with Crippen molar-refractivity contribution in [3.8, 4) is 0 Å². The van der Waals surface area contributed by atoms with Crippen LogP contribution in [0.25, 0.3) is 0 Å². The molecule has 1 atom stereocenters. The third-order valence-corrected chi connectivity index (χ3v) is 3.19. The largest absolute Gasteiger partial charge is 0.372 e. The van der Waals surface area contributed by atoms with Crippen LogP contribution in [0.2, 0.25) is 0 Å². The third-order valence-electron chi connectivity index (χ3n) is 3.19. The van der Waals surface area contributed by atoms with E-state index >= 15 is 0 Å². The Bertz CT molecular complexity index is 394. The zero-order valence-electron chi connectivity index (χ0n) is 11.7. The molecule has 0 aliphatic heterocycles. The Labute approximate surface area is 108 Å². The minimum Gasteiger partial charge on any atom is -0.372 e. The summed E-state index contributed by atoms with van der Waals surface area (Å²) in [5.41, 5.74) is 0.518. The maximum Gasteiger partial charge on any atom is 0.271 e. The summed E-state index contributed by atoms with van der Waals surface area (Å²) in [5.74, 6) is 0.863. The molecule has 0 fully saturated rings. The van der Waals surface area contributed by atoms with E-state index in [0.717, 1.165) is 0 Å². The number of nitrogens with one attached hydrogen (secondary N) is 2. The lowest BCUT2D eigenvalue weighted by Gasteiger charge is -2.27. The second kappa shape index (κ2) is 5.80. The van der Waals surface area contributed by atoms with E-state index in [1.807, 2.05) is 0 Å². The fraction of sp³-hybridized carbons (Fsp3) is 0.615. The molecule has 1 heterocycles. The van der Waals surface area contributed by atoms with Gasteiger partial charge in [0.15, 0.2) is 0 Å². The quantitative estimate of drug-likeness (QED) is 0.857. The Balaban J connectivity index is 2.55. The lowest BCUT2D eigenvalue weighted by Crippen LogP contribution is -2.34. The van der Waals surface area contributed by atoms with Crippen LogP contribution in [0.15, 0.2) is 12.4 Å². The fourth-order valence-electron chi connectivity index (χ4n) is 1.22. The highest BCUT2D eigenvalue weighted by atomic mass is 16.1. The van der Waals surface area contributed by atoms with Gasteiger partial charge in [0.1, 0.15) is 11.5 Å². The molecule has 0 aliphatic carbocycles. The highest BCUT2D eigenvalue weighted by Crippen LogP contribution is 2.24. The maximum atomic E-state index is 11.8. The van der Waals surface area contributed by atoms with E-state index in [1.165, 1.54) is 6.20 Å². The van der Waals surface area contributed by atoms with Gasteiger partial charge in [0, 0.05) is 13.6 Å². The molecule has 0 spiro atoms. The summed E-state index contributed by atoms with van der Waals surface area (Å²) in [7, 11) is 1.76. The normalized spacial score (nSPS) is 12.9. The van der Waals surface area contributed by atoms with Gasteiger partial charge in [-0.15, -0.1) is 0 Å². The van der Waals surface area contributed by atoms with Crippen LogP contribution in [0.1, 0.15) is 38.2 Å². The molecule has 1 rings (SSSR count). The van der Waals surface area contributed by atoms with Gasteiger partial charge >= 0.3 is 0 Å². The van der Waals surface area contributed by atoms with Gasteiger partial charge in [-0.2, -0.15) is 0 Å². The predicted molar refractivity (Wildman–Crippen MR) is 72.5 cm³/mol. The van der Waals surface area contributed by atoms with Gasteiger partial charge in [-0.1, -0.05) is 27.7 Å². The summed E-state index contributed by atoms with van der Waals surface area (Å²) >= 11 is 0. The molecular weight excluding hydrogens is 228 g/mol. The van der Waals surface area contributed by atoms with E-state index in [1.54, 1.807) is 13.2 Å². The Morgan fingerprint density at radius 2 is 2.00 bits per heavy atom. The van der Waals surface area contributed by atoms with Crippen molar-refractivity contribution in [3.63, 3.8) is 0 Å². The minimum atomic E-state index is -0.179. The van der Waals surface area contributed by atoms with Crippen LogP contribution < -0.4 is 10.6 Å². The van der Waals surface area contributed by atoms with Gasteiger partial charge in [-0.05, 0) is 11.3 Å². The number of aromatic nitrogens is 2. The van der Waals surface area contributed by atoms with E-state index in [0.29, 0.717) is 24.0 Å². The number of nitrogens with zero attached hydrogens (tertiary/aromatic N) is 2. The molecule has 0 saturated heterocycles. The second-order valence-corrected chi connectivity index (χ2v) is 5.51. The third kappa shape index (κ3) is 3.98. The Hall–Kier alpha value is -1.65. The molecule has 2 N–H and O–H groups in total. The number of hydrogen-bond donors (Lipinski definition) is 2. The molecule has 18 heavy (non-hydrogen) atoms. The van der Waals surface area contributed by atoms with Crippen molar-refractivity contribution in [2.45, 2.75) is 27.7 Å². The average molecular weight is 250 g/mol. The zero-order chi connectivity index (χ0) is 13.8. The predicted octanol–water partition coefficient (Wildman–Crippen LogP) is 1.93. The number of rotatable bonds is 4. The van der Waals surface area contributed by atoms with Crippen molar-refractivity contribution >= 4 is 11.7 Å². The molecule has 5 heteroatoms. The van der Waals surface area contributed by atoms with E-state index in [9.17, 15) is 4.79 Å². The van der Waals surface area contributed by atoms with Gasteiger partial charge in [-0.25, -0.2) is 9.97 Å². The number of carbonyl (C=O) groups excluding carboxylic acids is 1. The molecule has 1 aromatic heterocycles. The van der Waals surface area contributed by atoms with Crippen LogP contribution in [-0.2, 0) is 0 Å². The van der Waals surface area contributed by atoms with E-state index in [2.05, 4.69) is 48.3 Å². The molecule has 0 bridgehead atoms. The van der Waals surface area contributed by atoms with Crippen LogP contribution in [-0.4, -0.2) is 29.5 Å². The number of carbonyl (C=O) groups is 1. The molecule has 100 valence electrons. The van der Waals surface area contributed by atoms with Crippen molar-refractivity contribution < 1.29 is 4.79 Å². The van der Waals surface area contributed by atoms with Crippen LogP contribution in [0.3, 0.4) is 0 Å². The minimum absolute atomic E-state index is 0.176. The first-order valence-corrected chi connectivity index (χ1v) is 6.12. The van der Waals surface area contributed by atoms with Crippen molar-refractivity contribution in [2.75, 3.05) is 18.9 Å². The number of hydrogen-bond acceptors (Lipinski definition) is 4. The second-order valence-electron chi connectivity index (χ2n) is 5.51.